The summed E-state index contributed by atoms with van der Waals surface area (Å²) in [5.41, 5.74) is 0.549. The van der Waals surface area contributed by atoms with Crippen LogP contribution in [0.5, 0.6) is 0 Å². The Balaban J connectivity index is 2.01. The Bertz CT molecular complexity index is 174. The van der Waals surface area contributed by atoms with Gasteiger partial charge < -0.3 is 10.6 Å². The smallest absolute Gasteiger partial charge is 0.166 e. The van der Waals surface area contributed by atoms with Crippen LogP contribution in [-0.4, -0.2) is 17.7 Å². The van der Waals surface area contributed by atoms with Crippen LogP contribution in [0.1, 0.15) is 19.8 Å². The summed E-state index contributed by atoms with van der Waals surface area (Å²) in [6.45, 7) is 3.34. The summed E-state index contributed by atoms with van der Waals surface area (Å²) >= 11 is 4.97. The van der Waals surface area contributed by atoms with Gasteiger partial charge in [-0.1, -0.05) is 6.92 Å². The van der Waals surface area contributed by atoms with Crippen molar-refractivity contribution in [1.29, 1.82) is 0 Å². The minimum atomic E-state index is 0.549. The van der Waals surface area contributed by atoms with Crippen molar-refractivity contribution in [2.75, 3.05) is 6.54 Å². The van der Waals surface area contributed by atoms with Gasteiger partial charge in [0.2, 0.25) is 0 Å². The molecule has 10 heavy (non-hydrogen) atoms. The van der Waals surface area contributed by atoms with E-state index in [9.17, 15) is 0 Å². The first-order valence-electron chi connectivity index (χ1n) is 3.75. The van der Waals surface area contributed by atoms with E-state index in [2.05, 4.69) is 17.6 Å². The summed E-state index contributed by atoms with van der Waals surface area (Å²) in [6, 6.07) is 0.597. The van der Waals surface area contributed by atoms with Crippen LogP contribution in [0.3, 0.4) is 0 Å². The molecule has 0 aromatic carbocycles. The molecule has 0 aromatic heterocycles. The maximum absolute atomic E-state index is 4.97. The molecule has 0 spiro atoms. The maximum atomic E-state index is 4.97. The normalized spacial score (nSPS) is 34.9. The van der Waals surface area contributed by atoms with Crippen molar-refractivity contribution >= 4 is 17.3 Å². The highest BCUT2D eigenvalue weighted by atomic mass is 32.1. The summed E-state index contributed by atoms with van der Waals surface area (Å²) in [5, 5.41) is 7.24. The zero-order valence-corrected chi connectivity index (χ0v) is 6.92. The number of thiocarbonyl (C=S) groups is 1. The Morgan fingerprint density at radius 2 is 2.30 bits per heavy atom. The highest BCUT2D eigenvalue weighted by Gasteiger charge is 2.46. The molecule has 2 aliphatic rings. The minimum Gasteiger partial charge on any atom is -0.361 e. The van der Waals surface area contributed by atoms with Crippen molar-refractivity contribution in [2.24, 2.45) is 5.41 Å². The lowest BCUT2D eigenvalue weighted by atomic mass is 10.0. The number of nitrogens with one attached hydrogen (secondary N) is 2. The van der Waals surface area contributed by atoms with Gasteiger partial charge in [-0.15, -0.1) is 0 Å². The Morgan fingerprint density at radius 1 is 1.60 bits per heavy atom. The van der Waals surface area contributed by atoms with Gasteiger partial charge >= 0.3 is 0 Å². The first-order valence-corrected chi connectivity index (χ1v) is 4.16. The lowest BCUT2D eigenvalue weighted by Gasteiger charge is -2.15. The van der Waals surface area contributed by atoms with Gasteiger partial charge in [-0.2, -0.15) is 0 Å². The van der Waals surface area contributed by atoms with E-state index in [-0.39, 0.29) is 0 Å². The van der Waals surface area contributed by atoms with Crippen LogP contribution in [0, 0.1) is 5.41 Å². The Kier molecular flexibility index (Phi) is 1.18. The molecule has 1 saturated heterocycles. The van der Waals surface area contributed by atoms with E-state index < -0.39 is 0 Å². The van der Waals surface area contributed by atoms with Gasteiger partial charge in [0.25, 0.3) is 0 Å². The first-order chi connectivity index (χ1) is 4.71. The maximum Gasteiger partial charge on any atom is 0.166 e. The fourth-order valence-electron chi connectivity index (χ4n) is 1.42. The molecular weight excluding hydrogens is 144 g/mol. The second kappa shape index (κ2) is 1.84. The predicted octanol–water partition coefficient (Wildman–Crippen LogP) is 0.633. The molecule has 0 amide bonds. The summed E-state index contributed by atoms with van der Waals surface area (Å²) in [4.78, 5) is 0. The van der Waals surface area contributed by atoms with Crippen molar-refractivity contribution in [1.82, 2.24) is 10.6 Å². The third-order valence-corrected chi connectivity index (χ3v) is 2.91. The fourth-order valence-corrected chi connectivity index (χ4v) is 1.65. The van der Waals surface area contributed by atoms with Crippen LogP contribution in [-0.2, 0) is 0 Å². The molecule has 1 saturated carbocycles. The van der Waals surface area contributed by atoms with Crippen LogP contribution in [0.2, 0.25) is 0 Å². The van der Waals surface area contributed by atoms with Gasteiger partial charge in [-0.05, 0) is 30.5 Å². The molecule has 1 atom stereocenters. The largest absolute Gasteiger partial charge is 0.361 e. The third-order valence-electron chi connectivity index (χ3n) is 2.65. The molecule has 1 unspecified atom stereocenters. The predicted molar refractivity (Wildman–Crippen MR) is 44.9 cm³/mol. The second-order valence-electron chi connectivity index (χ2n) is 3.56. The number of hydrogen-bond acceptors (Lipinski definition) is 1. The van der Waals surface area contributed by atoms with Crippen molar-refractivity contribution < 1.29 is 0 Å². The van der Waals surface area contributed by atoms with Gasteiger partial charge in [0, 0.05) is 6.54 Å². The minimum absolute atomic E-state index is 0.549. The van der Waals surface area contributed by atoms with Crippen molar-refractivity contribution in [3.63, 3.8) is 0 Å². The van der Waals surface area contributed by atoms with Crippen molar-refractivity contribution in [3.05, 3.63) is 0 Å². The Hall–Kier alpha value is -0.310. The van der Waals surface area contributed by atoms with Crippen LogP contribution >= 0.6 is 12.2 Å². The van der Waals surface area contributed by atoms with Crippen LogP contribution < -0.4 is 10.6 Å². The van der Waals surface area contributed by atoms with Crippen molar-refractivity contribution in [2.45, 2.75) is 25.8 Å². The monoisotopic (exact) mass is 156 g/mol. The van der Waals surface area contributed by atoms with Crippen LogP contribution in [0.25, 0.3) is 0 Å². The highest BCUT2D eigenvalue weighted by molar-refractivity contribution is 7.80. The molecular formula is C7H12N2S. The molecule has 2 fully saturated rings. The molecule has 0 radical (unpaired) electrons. The molecule has 0 bridgehead atoms. The summed E-state index contributed by atoms with van der Waals surface area (Å²) < 4.78 is 0. The molecule has 0 aromatic rings. The molecule has 1 heterocycles. The second-order valence-corrected chi connectivity index (χ2v) is 3.97. The SMILES string of the molecule is CC1(C2CNC(=S)N2)CC1. The topological polar surface area (TPSA) is 24.1 Å². The lowest BCUT2D eigenvalue weighted by molar-refractivity contribution is 0.428. The fraction of sp³-hybridized carbons (Fsp3) is 0.857. The van der Waals surface area contributed by atoms with Gasteiger partial charge in [0.1, 0.15) is 0 Å². The Labute approximate surface area is 66.4 Å². The first kappa shape index (κ1) is 6.40. The molecule has 56 valence electrons. The summed E-state index contributed by atoms with van der Waals surface area (Å²) in [5.74, 6) is 0. The Morgan fingerprint density at radius 3 is 2.70 bits per heavy atom. The molecule has 2 N–H and O–H groups in total. The molecule has 1 aliphatic heterocycles. The van der Waals surface area contributed by atoms with E-state index in [4.69, 9.17) is 12.2 Å². The van der Waals surface area contributed by atoms with Gasteiger partial charge in [0.05, 0.1) is 6.04 Å². The van der Waals surface area contributed by atoms with E-state index in [0.717, 1.165) is 11.7 Å². The van der Waals surface area contributed by atoms with E-state index in [1.54, 1.807) is 0 Å². The molecule has 1 aliphatic carbocycles. The van der Waals surface area contributed by atoms with Crippen LogP contribution in [0.15, 0.2) is 0 Å². The molecule has 2 rings (SSSR count). The molecule has 2 nitrogen and oxygen atoms in total. The summed E-state index contributed by atoms with van der Waals surface area (Å²) in [6.07, 6.45) is 2.71. The molecule has 3 heteroatoms. The van der Waals surface area contributed by atoms with Gasteiger partial charge in [-0.3, -0.25) is 0 Å². The average Bonchev–Trinajstić information content (AvgIpc) is 2.45. The quantitative estimate of drug-likeness (QED) is 0.545. The van der Waals surface area contributed by atoms with E-state index >= 15 is 0 Å². The zero-order chi connectivity index (χ0) is 7.19. The van der Waals surface area contributed by atoms with Crippen molar-refractivity contribution in [3.8, 4) is 0 Å². The number of rotatable bonds is 1. The van der Waals surface area contributed by atoms with E-state index in [0.29, 0.717) is 11.5 Å². The number of hydrogen-bond donors (Lipinski definition) is 2. The lowest BCUT2D eigenvalue weighted by Crippen LogP contribution is -2.33. The van der Waals surface area contributed by atoms with Crippen LogP contribution in [0.4, 0.5) is 0 Å². The average molecular weight is 156 g/mol. The summed E-state index contributed by atoms with van der Waals surface area (Å²) in [7, 11) is 0. The highest BCUT2D eigenvalue weighted by Crippen LogP contribution is 2.48. The standard InChI is InChI=1S/C7H12N2S/c1-7(2-3-7)5-4-8-6(10)9-5/h5H,2-4H2,1H3,(H2,8,9,10). The third kappa shape index (κ3) is 0.888. The zero-order valence-electron chi connectivity index (χ0n) is 6.11. The van der Waals surface area contributed by atoms with Gasteiger partial charge in [-0.25, -0.2) is 0 Å². The van der Waals surface area contributed by atoms with E-state index in [1.807, 2.05) is 0 Å². The van der Waals surface area contributed by atoms with Gasteiger partial charge in [0.15, 0.2) is 5.11 Å². The van der Waals surface area contributed by atoms with E-state index in [1.165, 1.54) is 12.8 Å².